The number of hydrogen-bond acceptors (Lipinski definition) is 2. The highest BCUT2D eigenvalue weighted by molar-refractivity contribution is 5.95. The van der Waals surface area contributed by atoms with Crippen molar-refractivity contribution in [1.29, 1.82) is 0 Å². The third kappa shape index (κ3) is 2.62. The lowest BCUT2D eigenvalue weighted by Gasteiger charge is -2.64. The molecule has 5 rings (SSSR count). The molecule has 4 aliphatic rings. The van der Waals surface area contributed by atoms with E-state index >= 15 is 0 Å². The van der Waals surface area contributed by atoms with Crippen LogP contribution >= 0.6 is 0 Å². The standard InChI is InChI=1S/C21H29NO2/c1-4-24-17-7-5-16(6-8-17)22-18(23)21-11-15-9-19(2,13-21)12-20(3,10-15)14-21/h5-8,15H,4,9-14H2,1-3H3,(H,22,23)/t15?,19-,20-,21?/m0/s1. The van der Waals surface area contributed by atoms with Gasteiger partial charge in [-0.2, -0.15) is 0 Å². The van der Waals surface area contributed by atoms with Crippen LogP contribution in [-0.4, -0.2) is 12.5 Å². The SMILES string of the molecule is CCOc1ccc(NC(=O)C23CC4C[C@](C)(C2)C[C@](C)(C4)C3)cc1. The molecule has 130 valence electrons. The Morgan fingerprint density at radius 3 is 2.25 bits per heavy atom. The maximum atomic E-state index is 13.2. The summed E-state index contributed by atoms with van der Waals surface area (Å²) < 4.78 is 5.48. The Labute approximate surface area is 145 Å². The van der Waals surface area contributed by atoms with Gasteiger partial charge in [0.25, 0.3) is 0 Å². The second-order valence-electron chi connectivity index (χ2n) is 9.32. The van der Waals surface area contributed by atoms with Crippen LogP contribution < -0.4 is 10.1 Å². The van der Waals surface area contributed by atoms with Crippen LogP contribution in [0.25, 0.3) is 0 Å². The Morgan fingerprint density at radius 1 is 1.08 bits per heavy atom. The molecule has 0 unspecified atom stereocenters. The molecular weight excluding hydrogens is 298 g/mol. The van der Waals surface area contributed by atoms with Crippen molar-refractivity contribution < 1.29 is 9.53 Å². The second kappa shape index (κ2) is 5.24. The highest BCUT2D eigenvalue weighted by Crippen LogP contribution is 2.69. The number of amides is 1. The van der Waals surface area contributed by atoms with Crippen LogP contribution in [0, 0.1) is 22.2 Å². The van der Waals surface area contributed by atoms with E-state index in [1.807, 2.05) is 31.2 Å². The number of ether oxygens (including phenoxy) is 1. The lowest BCUT2D eigenvalue weighted by Crippen LogP contribution is -2.58. The van der Waals surface area contributed by atoms with Gasteiger partial charge in [0.15, 0.2) is 0 Å². The zero-order valence-electron chi connectivity index (χ0n) is 15.2. The van der Waals surface area contributed by atoms with Crippen molar-refractivity contribution >= 4 is 11.6 Å². The molecule has 0 heterocycles. The zero-order valence-corrected chi connectivity index (χ0v) is 15.2. The third-order valence-corrected chi connectivity index (χ3v) is 6.53. The van der Waals surface area contributed by atoms with Crippen LogP contribution in [-0.2, 0) is 4.79 Å². The molecular formula is C21H29NO2. The van der Waals surface area contributed by atoms with E-state index in [2.05, 4.69) is 19.2 Å². The molecule has 2 atom stereocenters. The average Bonchev–Trinajstić information content (AvgIpc) is 2.46. The molecule has 4 fully saturated rings. The highest BCUT2D eigenvalue weighted by Gasteiger charge is 2.62. The van der Waals surface area contributed by atoms with E-state index in [0.717, 1.165) is 36.6 Å². The van der Waals surface area contributed by atoms with Crippen molar-refractivity contribution in [2.75, 3.05) is 11.9 Å². The van der Waals surface area contributed by atoms with Gasteiger partial charge in [-0.05, 0) is 86.5 Å². The van der Waals surface area contributed by atoms with Crippen LogP contribution in [0.4, 0.5) is 5.69 Å². The second-order valence-corrected chi connectivity index (χ2v) is 9.32. The fourth-order valence-electron chi connectivity index (χ4n) is 6.77. The van der Waals surface area contributed by atoms with Gasteiger partial charge >= 0.3 is 0 Å². The van der Waals surface area contributed by atoms with Crippen LogP contribution in [0.1, 0.15) is 59.3 Å². The molecule has 4 aliphatic carbocycles. The van der Waals surface area contributed by atoms with Crippen LogP contribution in [0.3, 0.4) is 0 Å². The van der Waals surface area contributed by atoms with E-state index in [-0.39, 0.29) is 11.3 Å². The molecule has 4 saturated carbocycles. The molecule has 0 spiro atoms. The summed E-state index contributed by atoms with van der Waals surface area (Å²) in [5, 5.41) is 3.21. The van der Waals surface area contributed by atoms with E-state index in [4.69, 9.17) is 4.74 Å². The number of benzene rings is 1. The van der Waals surface area contributed by atoms with Gasteiger partial charge in [0.05, 0.1) is 12.0 Å². The lowest BCUT2D eigenvalue weighted by atomic mass is 9.40. The van der Waals surface area contributed by atoms with E-state index in [1.54, 1.807) is 0 Å². The molecule has 0 aromatic heterocycles. The summed E-state index contributed by atoms with van der Waals surface area (Å²) in [6.45, 7) is 7.46. The molecule has 3 nitrogen and oxygen atoms in total. The van der Waals surface area contributed by atoms with Crippen molar-refractivity contribution in [3.05, 3.63) is 24.3 Å². The Kier molecular flexibility index (Phi) is 3.49. The summed E-state index contributed by atoms with van der Waals surface area (Å²) in [5.74, 6) is 1.83. The first-order chi connectivity index (χ1) is 11.3. The number of rotatable bonds is 4. The molecule has 0 radical (unpaired) electrons. The normalized spacial score (nSPS) is 39.7. The van der Waals surface area contributed by atoms with Crippen molar-refractivity contribution in [3.63, 3.8) is 0 Å². The van der Waals surface area contributed by atoms with Gasteiger partial charge in [0.1, 0.15) is 5.75 Å². The van der Waals surface area contributed by atoms with E-state index in [9.17, 15) is 4.79 Å². The van der Waals surface area contributed by atoms with Crippen LogP contribution in [0.15, 0.2) is 24.3 Å². The fraction of sp³-hybridized carbons (Fsp3) is 0.667. The van der Waals surface area contributed by atoms with E-state index in [1.165, 1.54) is 19.3 Å². The summed E-state index contributed by atoms with van der Waals surface area (Å²) >= 11 is 0. The average molecular weight is 327 g/mol. The minimum absolute atomic E-state index is 0.151. The van der Waals surface area contributed by atoms with Crippen molar-refractivity contribution in [2.24, 2.45) is 22.2 Å². The number of nitrogens with one attached hydrogen (secondary N) is 1. The van der Waals surface area contributed by atoms with Gasteiger partial charge in [-0.15, -0.1) is 0 Å². The Morgan fingerprint density at radius 2 is 1.71 bits per heavy atom. The van der Waals surface area contributed by atoms with E-state index < -0.39 is 0 Å². The minimum Gasteiger partial charge on any atom is -0.494 e. The first kappa shape index (κ1) is 16.0. The van der Waals surface area contributed by atoms with Gasteiger partial charge in [0.2, 0.25) is 5.91 Å². The summed E-state index contributed by atoms with van der Waals surface area (Å²) in [5.41, 5.74) is 1.46. The number of anilines is 1. The zero-order chi connectivity index (χ0) is 17.0. The maximum Gasteiger partial charge on any atom is 0.230 e. The van der Waals surface area contributed by atoms with Gasteiger partial charge in [-0.1, -0.05) is 13.8 Å². The van der Waals surface area contributed by atoms with Crippen molar-refractivity contribution in [2.45, 2.75) is 59.3 Å². The lowest BCUT2D eigenvalue weighted by molar-refractivity contribution is -0.165. The molecule has 3 heteroatoms. The Hall–Kier alpha value is -1.51. The van der Waals surface area contributed by atoms with Crippen LogP contribution in [0.5, 0.6) is 5.75 Å². The molecule has 0 aliphatic heterocycles. The predicted octanol–water partition coefficient (Wildman–Crippen LogP) is 5.02. The number of carbonyl (C=O) groups is 1. The molecule has 1 amide bonds. The maximum absolute atomic E-state index is 13.2. The van der Waals surface area contributed by atoms with Gasteiger partial charge < -0.3 is 10.1 Å². The fourth-order valence-corrected chi connectivity index (χ4v) is 6.77. The van der Waals surface area contributed by atoms with Gasteiger partial charge in [0, 0.05) is 5.69 Å². The van der Waals surface area contributed by atoms with E-state index in [0.29, 0.717) is 17.4 Å². The number of carbonyl (C=O) groups excluding carboxylic acids is 1. The summed E-state index contributed by atoms with van der Waals surface area (Å²) in [6, 6.07) is 7.77. The third-order valence-electron chi connectivity index (χ3n) is 6.53. The van der Waals surface area contributed by atoms with Crippen LogP contribution in [0.2, 0.25) is 0 Å². The molecule has 1 aromatic rings. The quantitative estimate of drug-likeness (QED) is 0.843. The van der Waals surface area contributed by atoms with Crippen molar-refractivity contribution in [3.8, 4) is 5.75 Å². The molecule has 4 bridgehead atoms. The summed E-state index contributed by atoms with van der Waals surface area (Å²) in [4.78, 5) is 13.2. The highest BCUT2D eigenvalue weighted by atomic mass is 16.5. The molecule has 0 saturated heterocycles. The van der Waals surface area contributed by atoms with Gasteiger partial charge in [-0.25, -0.2) is 0 Å². The first-order valence-electron chi connectivity index (χ1n) is 9.38. The first-order valence-corrected chi connectivity index (χ1v) is 9.38. The monoisotopic (exact) mass is 327 g/mol. The molecule has 1 aromatic carbocycles. The minimum atomic E-state index is -0.151. The summed E-state index contributed by atoms with van der Waals surface area (Å²) in [6.07, 6.45) is 7.15. The molecule has 1 N–H and O–H groups in total. The van der Waals surface area contributed by atoms with Gasteiger partial charge in [-0.3, -0.25) is 4.79 Å². The largest absolute Gasteiger partial charge is 0.494 e. The smallest absolute Gasteiger partial charge is 0.230 e. The topological polar surface area (TPSA) is 38.3 Å². The Bertz CT molecular complexity index is 632. The van der Waals surface area contributed by atoms with Crippen molar-refractivity contribution in [1.82, 2.24) is 0 Å². The summed E-state index contributed by atoms with van der Waals surface area (Å²) in [7, 11) is 0. The number of hydrogen-bond donors (Lipinski definition) is 1. The predicted molar refractivity (Wildman–Crippen MR) is 96.1 cm³/mol. The Balaban J connectivity index is 1.54. The molecule has 24 heavy (non-hydrogen) atoms.